The zero-order valence-electron chi connectivity index (χ0n) is 20.2. The van der Waals surface area contributed by atoms with Crippen molar-refractivity contribution in [3.05, 3.63) is 36.0 Å². The van der Waals surface area contributed by atoms with Gasteiger partial charge >= 0.3 is 0 Å². The van der Waals surface area contributed by atoms with Gasteiger partial charge < -0.3 is 14.8 Å². The molecule has 0 saturated heterocycles. The van der Waals surface area contributed by atoms with Crippen molar-refractivity contribution in [2.75, 3.05) is 14.2 Å². The third-order valence-corrected chi connectivity index (χ3v) is 5.71. The monoisotopic (exact) mass is 431 g/mol. The number of hydrogen-bond acceptors (Lipinski definition) is 3. The average Bonchev–Trinajstić information content (AvgIpc) is 2.80. The molecule has 0 unspecified atom stereocenters. The summed E-state index contributed by atoms with van der Waals surface area (Å²) >= 11 is 0. The fourth-order valence-corrected chi connectivity index (χ4v) is 3.74. The largest absolute Gasteiger partial charge is 0.497 e. The van der Waals surface area contributed by atoms with Gasteiger partial charge in [-0.3, -0.25) is 4.79 Å². The summed E-state index contributed by atoms with van der Waals surface area (Å²) in [6.07, 6.45) is 24.0. The lowest BCUT2D eigenvalue weighted by Gasteiger charge is -2.09. The SMILES string of the molecule is CCCCCCCCCCCCCCCCC=CNC(=O)c1ccc(OC)cc1OC. The van der Waals surface area contributed by atoms with Crippen LogP contribution in [0.3, 0.4) is 0 Å². The molecular formula is C27H45NO3. The zero-order chi connectivity index (χ0) is 22.6. The van der Waals surface area contributed by atoms with Crippen LogP contribution < -0.4 is 14.8 Å². The number of nitrogens with one attached hydrogen (secondary N) is 1. The highest BCUT2D eigenvalue weighted by molar-refractivity contribution is 5.97. The molecule has 0 aliphatic heterocycles. The maximum absolute atomic E-state index is 12.3. The lowest BCUT2D eigenvalue weighted by atomic mass is 10.0. The molecule has 0 fully saturated rings. The van der Waals surface area contributed by atoms with Gasteiger partial charge in [0.15, 0.2) is 0 Å². The molecule has 0 aliphatic rings. The maximum Gasteiger partial charge on any atom is 0.258 e. The van der Waals surface area contributed by atoms with Crippen LogP contribution in [0.15, 0.2) is 30.5 Å². The predicted molar refractivity (Wildman–Crippen MR) is 131 cm³/mol. The quantitative estimate of drug-likeness (QED) is 0.227. The molecule has 0 bridgehead atoms. The van der Waals surface area contributed by atoms with Gasteiger partial charge in [0.1, 0.15) is 11.5 Å². The number of hydrogen-bond donors (Lipinski definition) is 1. The number of carbonyl (C=O) groups is 1. The standard InChI is InChI=1S/C27H45NO3/c1-4-5-6-7-8-9-10-11-12-13-14-15-16-17-18-19-22-28-27(29)25-21-20-24(30-2)23-26(25)31-3/h19-23H,4-18H2,1-3H3,(H,28,29). The van der Waals surface area contributed by atoms with E-state index in [-0.39, 0.29) is 5.91 Å². The van der Waals surface area contributed by atoms with E-state index in [4.69, 9.17) is 9.47 Å². The van der Waals surface area contributed by atoms with Crippen LogP contribution in [0.25, 0.3) is 0 Å². The van der Waals surface area contributed by atoms with Crippen molar-refractivity contribution in [3.8, 4) is 11.5 Å². The van der Waals surface area contributed by atoms with Crippen LogP contribution in [0.2, 0.25) is 0 Å². The van der Waals surface area contributed by atoms with Crippen LogP contribution in [0.4, 0.5) is 0 Å². The molecule has 0 spiro atoms. The number of rotatable bonds is 19. The van der Waals surface area contributed by atoms with Gasteiger partial charge in [0, 0.05) is 12.3 Å². The van der Waals surface area contributed by atoms with Crippen molar-refractivity contribution in [2.45, 2.75) is 103 Å². The van der Waals surface area contributed by atoms with E-state index in [9.17, 15) is 4.79 Å². The maximum atomic E-state index is 12.3. The number of unbranched alkanes of at least 4 members (excludes halogenated alkanes) is 14. The first-order valence-electron chi connectivity index (χ1n) is 12.4. The molecule has 0 saturated carbocycles. The Labute approximate surface area is 190 Å². The summed E-state index contributed by atoms with van der Waals surface area (Å²) in [4.78, 5) is 12.3. The molecule has 0 atom stereocenters. The highest BCUT2D eigenvalue weighted by Crippen LogP contribution is 2.24. The second-order valence-electron chi connectivity index (χ2n) is 8.33. The van der Waals surface area contributed by atoms with E-state index < -0.39 is 0 Å². The predicted octanol–water partition coefficient (Wildman–Crippen LogP) is 7.82. The minimum absolute atomic E-state index is 0.170. The highest BCUT2D eigenvalue weighted by Gasteiger charge is 2.11. The third kappa shape index (κ3) is 13.1. The number of methoxy groups -OCH3 is 2. The molecule has 4 heteroatoms. The van der Waals surface area contributed by atoms with Crippen molar-refractivity contribution < 1.29 is 14.3 Å². The molecule has 1 N–H and O–H groups in total. The molecule has 1 rings (SSSR count). The van der Waals surface area contributed by atoms with E-state index >= 15 is 0 Å². The van der Waals surface area contributed by atoms with Gasteiger partial charge in [0.2, 0.25) is 0 Å². The van der Waals surface area contributed by atoms with Gasteiger partial charge in [-0.1, -0.05) is 96.5 Å². The van der Waals surface area contributed by atoms with Crippen LogP contribution in [0.5, 0.6) is 11.5 Å². The van der Waals surface area contributed by atoms with E-state index in [1.165, 1.54) is 89.9 Å². The Morgan fingerprint density at radius 2 is 1.35 bits per heavy atom. The van der Waals surface area contributed by atoms with Gasteiger partial charge in [-0.2, -0.15) is 0 Å². The van der Waals surface area contributed by atoms with Crippen LogP contribution in [-0.2, 0) is 0 Å². The lowest BCUT2D eigenvalue weighted by Crippen LogP contribution is -2.17. The molecular weight excluding hydrogens is 386 g/mol. The number of carbonyl (C=O) groups excluding carboxylic acids is 1. The lowest BCUT2D eigenvalue weighted by molar-refractivity contribution is 0.0967. The van der Waals surface area contributed by atoms with Crippen molar-refractivity contribution in [1.29, 1.82) is 0 Å². The minimum Gasteiger partial charge on any atom is -0.497 e. The first-order chi connectivity index (χ1) is 15.2. The molecule has 0 aliphatic carbocycles. The van der Waals surface area contributed by atoms with E-state index in [1.54, 1.807) is 38.6 Å². The number of ether oxygens (including phenoxy) is 2. The average molecular weight is 432 g/mol. The summed E-state index contributed by atoms with van der Waals surface area (Å²) in [6, 6.07) is 5.19. The molecule has 1 aromatic rings. The molecule has 1 aromatic carbocycles. The summed E-state index contributed by atoms with van der Waals surface area (Å²) in [6.45, 7) is 2.28. The first-order valence-corrected chi connectivity index (χ1v) is 12.4. The molecule has 4 nitrogen and oxygen atoms in total. The van der Waals surface area contributed by atoms with Crippen molar-refractivity contribution in [1.82, 2.24) is 5.32 Å². The van der Waals surface area contributed by atoms with E-state index in [2.05, 4.69) is 12.2 Å². The second-order valence-corrected chi connectivity index (χ2v) is 8.33. The second kappa shape index (κ2) is 18.8. The fourth-order valence-electron chi connectivity index (χ4n) is 3.74. The summed E-state index contributed by atoms with van der Waals surface area (Å²) in [5.41, 5.74) is 0.504. The fraction of sp³-hybridized carbons (Fsp3) is 0.667. The molecule has 0 heterocycles. The Bertz CT molecular complexity index is 612. The van der Waals surface area contributed by atoms with Gasteiger partial charge in [0.25, 0.3) is 5.91 Å². The van der Waals surface area contributed by atoms with Crippen LogP contribution in [-0.4, -0.2) is 20.1 Å². The number of benzene rings is 1. The Hall–Kier alpha value is -1.97. The number of amides is 1. The summed E-state index contributed by atoms with van der Waals surface area (Å²) in [5, 5.41) is 2.82. The highest BCUT2D eigenvalue weighted by atomic mass is 16.5. The topological polar surface area (TPSA) is 47.6 Å². The van der Waals surface area contributed by atoms with Gasteiger partial charge in [-0.05, 0) is 25.0 Å². The zero-order valence-corrected chi connectivity index (χ0v) is 20.2. The normalized spacial score (nSPS) is 11.1. The Kier molecular flexibility index (Phi) is 16.4. The van der Waals surface area contributed by atoms with Gasteiger partial charge in [0.05, 0.1) is 19.8 Å². The molecule has 176 valence electrons. The van der Waals surface area contributed by atoms with Gasteiger partial charge in [-0.25, -0.2) is 0 Å². The van der Waals surface area contributed by atoms with E-state index in [1.807, 2.05) is 6.08 Å². The number of allylic oxidation sites excluding steroid dienone is 1. The van der Waals surface area contributed by atoms with Crippen molar-refractivity contribution >= 4 is 5.91 Å². The molecule has 0 radical (unpaired) electrons. The Morgan fingerprint density at radius 1 is 0.806 bits per heavy atom. The summed E-state index contributed by atoms with van der Waals surface area (Å²) < 4.78 is 10.4. The Balaban J connectivity index is 1.98. The Morgan fingerprint density at radius 3 is 1.87 bits per heavy atom. The molecule has 0 aromatic heterocycles. The summed E-state index contributed by atoms with van der Waals surface area (Å²) in [5.74, 6) is 1.01. The van der Waals surface area contributed by atoms with Crippen molar-refractivity contribution in [3.63, 3.8) is 0 Å². The van der Waals surface area contributed by atoms with Crippen LogP contribution in [0.1, 0.15) is 114 Å². The van der Waals surface area contributed by atoms with E-state index in [0.29, 0.717) is 17.1 Å². The van der Waals surface area contributed by atoms with Gasteiger partial charge in [-0.15, -0.1) is 0 Å². The minimum atomic E-state index is -0.170. The first kappa shape index (κ1) is 27.1. The molecule has 1 amide bonds. The van der Waals surface area contributed by atoms with Crippen LogP contribution >= 0.6 is 0 Å². The smallest absolute Gasteiger partial charge is 0.258 e. The van der Waals surface area contributed by atoms with Crippen molar-refractivity contribution in [2.24, 2.45) is 0 Å². The van der Waals surface area contributed by atoms with E-state index in [0.717, 1.165) is 6.42 Å². The molecule has 31 heavy (non-hydrogen) atoms. The third-order valence-electron chi connectivity index (χ3n) is 5.71. The summed E-state index contributed by atoms with van der Waals surface area (Å²) in [7, 11) is 3.14. The van der Waals surface area contributed by atoms with Crippen LogP contribution in [0, 0.1) is 0 Å².